The van der Waals surface area contributed by atoms with Gasteiger partial charge in [0.2, 0.25) is 0 Å². The molecule has 2 unspecified atom stereocenters. The Kier molecular flexibility index (Phi) is 2.20. The zero-order chi connectivity index (χ0) is 9.42. The number of allylic oxidation sites excluding steroid dienone is 3. The summed E-state index contributed by atoms with van der Waals surface area (Å²) in [5.74, 6) is 0.648. The number of esters is 1. The van der Waals surface area contributed by atoms with E-state index in [0.717, 1.165) is 12.0 Å². The Bertz CT molecular complexity index is 304. The van der Waals surface area contributed by atoms with E-state index >= 15 is 0 Å². The number of carbonyl (C=O) groups excluding carboxylic acids is 1. The molecule has 2 bridgehead atoms. The van der Waals surface area contributed by atoms with Crippen molar-refractivity contribution in [1.29, 1.82) is 0 Å². The van der Waals surface area contributed by atoms with Gasteiger partial charge in [-0.05, 0) is 12.7 Å². The molecule has 0 aromatic heterocycles. The highest BCUT2D eigenvalue weighted by Crippen LogP contribution is 2.47. The first kappa shape index (κ1) is 8.88. The highest BCUT2D eigenvalue weighted by Gasteiger charge is 2.38. The molecule has 2 nitrogen and oxygen atoms in total. The summed E-state index contributed by atoms with van der Waals surface area (Å²) in [6, 6.07) is 0. The van der Waals surface area contributed by atoms with Crippen LogP contribution in [0.1, 0.15) is 6.42 Å². The van der Waals surface area contributed by atoms with Crippen molar-refractivity contribution in [2.75, 3.05) is 13.4 Å². The summed E-state index contributed by atoms with van der Waals surface area (Å²) in [7, 11) is 1.45. The molecule has 2 atom stereocenters. The maximum atomic E-state index is 11.4. The number of hydrogen-bond acceptors (Lipinski definition) is 3. The van der Waals surface area contributed by atoms with Gasteiger partial charge < -0.3 is 4.74 Å². The molecule has 0 saturated heterocycles. The highest BCUT2D eigenvalue weighted by molar-refractivity contribution is 8.02. The molecule has 0 aromatic carbocycles. The highest BCUT2D eigenvalue weighted by atomic mass is 32.2. The summed E-state index contributed by atoms with van der Waals surface area (Å²) in [6.07, 6.45) is 7.41. The van der Waals surface area contributed by atoms with Gasteiger partial charge in [0, 0.05) is 16.7 Å². The molecule has 0 aliphatic heterocycles. The lowest BCUT2D eigenvalue weighted by atomic mass is 10.0. The molecule has 0 aromatic rings. The van der Waals surface area contributed by atoms with Crippen molar-refractivity contribution in [2.45, 2.75) is 6.42 Å². The summed E-state index contributed by atoms with van der Waals surface area (Å²) in [5, 5.41) is 0. The third-order valence-corrected chi connectivity index (χ3v) is 3.64. The zero-order valence-electron chi connectivity index (χ0n) is 7.74. The van der Waals surface area contributed by atoms with Crippen molar-refractivity contribution in [1.82, 2.24) is 0 Å². The molecule has 0 N–H and O–H groups in total. The van der Waals surface area contributed by atoms with Gasteiger partial charge in [-0.2, -0.15) is 0 Å². The van der Waals surface area contributed by atoms with Crippen LogP contribution in [0.4, 0.5) is 0 Å². The maximum Gasteiger partial charge on any atom is 0.335 e. The molecule has 3 heteroatoms. The smallest absolute Gasteiger partial charge is 0.335 e. The van der Waals surface area contributed by atoms with Crippen molar-refractivity contribution in [3.8, 4) is 0 Å². The van der Waals surface area contributed by atoms with Crippen LogP contribution in [0.25, 0.3) is 0 Å². The lowest BCUT2D eigenvalue weighted by Crippen LogP contribution is -2.11. The van der Waals surface area contributed by atoms with Crippen LogP contribution < -0.4 is 0 Å². The molecule has 0 amide bonds. The maximum absolute atomic E-state index is 11.4. The number of methoxy groups -OCH3 is 1. The van der Waals surface area contributed by atoms with Crippen LogP contribution in [-0.2, 0) is 9.53 Å². The van der Waals surface area contributed by atoms with Crippen LogP contribution >= 0.6 is 11.8 Å². The van der Waals surface area contributed by atoms with E-state index in [-0.39, 0.29) is 5.97 Å². The van der Waals surface area contributed by atoms with Gasteiger partial charge >= 0.3 is 5.97 Å². The molecule has 0 spiro atoms. The van der Waals surface area contributed by atoms with Crippen LogP contribution in [-0.4, -0.2) is 19.3 Å². The van der Waals surface area contributed by atoms with Gasteiger partial charge in [-0.3, -0.25) is 0 Å². The Morgan fingerprint density at radius 2 is 2.23 bits per heavy atom. The van der Waals surface area contributed by atoms with Gasteiger partial charge in [0.15, 0.2) is 0 Å². The number of carbonyl (C=O) groups is 1. The lowest BCUT2D eigenvalue weighted by Gasteiger charge is -2.11. The monoisotopic (exact) mass is 196 g/mol. The van der Waals surface area contributed by atoms with Crippen LogP contribution in [0.2, 0.25) is 0 Å². The Morgan fingerprint density at radius 1 is 1.54 bits per heavy atom. The average molecular weight is 196 g/mol. The first-order valence-corrected chi connectivity index (χ1v) is 5.55. The predicted molar refractivity (Wildman–Crippen MR) is 53.3 cm³/mol. The quantitative estimate of drug-likeness (QED) is 0.499. The van der Waals surface area contributed by atoms with E-state index in [9.17, 15) is 4.79 Å². The van der Waals surface area contributed by atoms with Gasteiger partial charge in [0.1, 0.15) is 0 Å². The minimum atomic E-state index is -0.152. The first-order chi connectivity index (χ1) is 6.27. The Labute approximate surface area is 82.0 Å². The van der Waals surface area contributed by atoms with E-state index in [4.69, 9.17) is 4.74 Å². The molecule has 13 heavy (non-hydrogen) atoms. The molecule has 0 saturated carbocycles. The predicted octanol–water partition coefficient (Wildman–Crippen LogP) is 1.98. The van der Waals surface area contributed by atoms with E-state index in [1.807, 2.05) is 6.26 Å². The van der Waals surface area contributed by atoms with Crippen LogP contribution in [0.15, 0.2) is 22.6 Å². The molecule has 0 fully saturated rings. The molecule has 0 radical (unpaired) electrons. The summed E-state index contributed by atoms with van der Waals surface area (Å²) in [5.41, 5.74) is 0.891. The standard InChI is InChI=1S/C10H12O2S/c1-12-10(11)8-6-3-4-7(5-6)9(8)13-2/h3-4,6-7H,5H2,1-2H3. The average Bonchev–Trinajstić information content (AvgIpc) is 2.74. The number of hydrogen-bond donors (Lipinski definition) is 0. The summed E-state index contributed by atoms with van der Waals surface area (Å²) < 4.78 is 4.77. The van der Waals surface area contributed by atoms with E-state index in [2.05, 4.69) is 12.2 Å². The second-order valence-electron chi connectivity index (χ2n) is 3.31. The number of fused-ring (bicyclic) bond motifs is 2. The van der Waals surface area contributed by atoms with Crippen LogP contribution in [0.5, 0.6) is 0 Å². The van der Waals surface area contributed by atoms with Gasteiger partial charge in [0.25, 0.3) is 0 Å². The molecular weight excluding hydrogens is 184 g/mol. The van der Waals surface area contributed by atoms with E-state index in [0.29, 0.717) is 11.8 Å². The fraction of sp³-hybridized carbons (Fsp3) is 0.500. The van der Waals surface area contributed by atoms with Crippen molar-refractivity contribution >= 4 is 17.7 Å². The minimum Gasteiger partial charge on any atom is -0.466 e. The largest absolute Gasteiger partial charge is 0.466 e. The summed E-state index contributed by atoms with van der Waals surface area (Å²) in [6.45, 7) is 0. The van der Waals surface area contributed by atoms with Gasteiger partial charge in [0.05, 0.1) is 12.7 Å². The number of ether oxygens (including phenoxy) is 1. The topological polar surface area (TPSA) is 26.3 Å². The summed E-state index contributed by atoms with van der Waals surface area (Å²) >= 11 is 1.67. The minimum absolute atomic E-state index is 0.152. The molecule has 0 heterocycles. The summed E-state index contributed by atoms with van der Waals surface area (Å²) in [4.78, 5) is 12.7. The normalized spacial score (nSPS) is 30.0. The Hall–Kier alpha value is -0.700. The second kappa shape index (κ2) is 3.22. The molecule has 2 rings (SSSR count). The van der Waals surface area contributed by atoms with E-state index in [1.165, 1.54) is 12.0 Å². The van der Waals surface area contributed by atoms with Crippen LogP contribution in [0, 0.1) is 11.8 Å². The first-order valence-electron chi connectivity index (χ1n) is 4.32. The lowest BCUT2D eigenvalue weighted by molar-refractivity contribution is -0.136. The fourth-order valence-electron chi connectivity index (χ4n) is 2.11. The molecule has 70 valence electrons. The molecular formula is C10H12O2S. The van der Waals surface area contributed by atoms with E-state index < -0.39 is 0 Å². The fourth-order valence-corrected chi connectivity index (χ4v) is 3.05. The van der Waals surface area contributed by atoms with Crippen molar-refractivity contribution < 1.29 is 9.53 Å². The van der Waals surface area contributed by atoms with Gasteiger partial charge in [-0.15, -0.1) is 11.8 Å². The number of thioether (sulfide) groups is 1. The number of rotatable bonds is 2. The van der Waals surface area contributed by atoms with Gasteiger partial charge in [-0.25, -0.2) is 4.79 Å². The zero-order valence-corrected chi connectivity index (χ0v) is 8.56. The second-order valence-corrected chi connectivity index (χ2v) is 4.16. The van der Waals surface area contributed by atoms with Gasteiger partial charge in [-0.1, -0.05) is 12.2 Å². The van der Waals surface area contributed by atoms with Crippen molar-refractivity contribution in [3.63, 3.8) is 0 Å². The van der Waals surface area contributed by atoms with Crippen LogP contribution in [0.3, 0.4) is 0 Å². The van der Waals surface area contributed by atoms with Crippen molar-refractivity contribution in [2.24, 2.45) is 11.8 Å². The molecule has 2 aliphatic carbocycles. The SMILES string of the molecule is COC(=O)C1=C(SC)C2C=CC1C2. The Morgan fingerprint density at radius 3 is 2.85 bits per heavy atom. The third kappa shape index (κ3) is 1.22. The molecule has 2 aliphatic rings. The third-order valence-electron chi connectivity index (χ3n) is 2.68. The van der Waals surface area contributed by atoms with E-state index in [1.54, 1.807) is 11.8 Å². The Balaban J connectivity index is 2.33. The van der Waals surface area contributed by atoms with Crippen molar-refractivity contribution in [3.05, 3.63) is 22.6 Å².